The van der Waals surface area contributed by atoms with Gasteiger partial charge in [0.25, 0.3) is 0 Å². The van der Waals surface area contributed by atoms with E-state index in [-0.39, 0.29) is 0 Å². The van der Waals surface area contributed by atoms with Crippen molar-refractivity contribution < 1.29 is 0 Å². The number of hydrogen-bond acceptors (Lipinski definition) is 2. The number of benzene rings is 1. The van der Waals surface area contributed by atoms with Gasteiger partial charge in [0.2, 0.25) is 0 Å². The number of hydrogen-bond donors (Lipinski definition) is 1. The largest absolute Gasteiger partial charge is 0.331 e. The highest BCUT2D eigenvalue weighted by Crippen LogP contribution is 2.25. The summed E-state index contributed by atoms with van der Waals surface area (Å²) in [5.41, 5.74) is 8.79. The predicted octanol–water partition coefficient (Wildman–Crippen LogP) is 2.86. The van der Waals surface area contributed by atoms with Crippen LogP contribution in [0, 0.1) is 6.92 Å². The Morgan fingerprint density at radius 2 is 2.24 bits per heavy atom. The van der Waals surface area contributed by atoms with E-state index in [1.54, 1.807) is 0 Å². The van der Waals surface area contributed by atoms with Crippen LogP contribution in [-0.4, -0.2) is 16.1 Å². The van der Waals surface area contributed by atoms with E-state index in [0.29, 0.717) is 6.54 Å². The van der Waals surface area contributed by atoms with Gasteiger partial charge in [0, 0.05) is 17.1 Å². The molecule has 0 saturated heterocycles. The van der Waals surface area contributed by atoms with Gasteiger partial charge in [0.15, 0.2) is 0 Å². The third-order valence-electron chi connectivity index (χ3n) is 2.78. The molecule has 4 heteroatoms. The quantitative estimate of drug-likeness (QED) is 0.906. The molecule has 2 rings (SSSR count). The number of aryl methyl sites for hydroxylation is 2. The Labute approximate surface area is 106 Å². The lowest BCUT2D eigenvalue weighted by molar-refractivity contribution is 0.655. The van der Waals surface area contributed by atoms with Crippen molar-refractivity contribution in [3.05, 3.63) is 41.3 Å². The van der Waals surface area contributed by atoms with Crippen molar-refractivity contribution in [1.29, 1.82) is 0 Å². The van der Waals surface area contributed by atoms with Crippen molar-refractivity contribution in [3.63, 3.8) is 0 Å². The summed E-state index contributed by atoms with van der Waals surface area (Å²) in [5.74, 6) is 0. The van der Waals surface area contributed by atoms with Crippen molar-refractivity contribution in [1.82, 2.24) is 9.55 Å². The first-order valence-corrected chi connectivity index (χ1v) is 6.07. The summed E-state index contributed by atoms with van der Waals surface area (Å²) in [6, 6.07) is 6.07. The number of aromatic nitrogens is 2. The average molecular weight is 250 g/mol. The molecule has 0 aliphatic rings. The van der Waals surface area contributed by atoms with E-state index in [9.17, 15) is 0 Å². The van der Waals surface area contributed by atoms with Crippen LogP contribution in [0.4, 0.5) is 0 Å². The van der Waals surface area contributed by atoms with Crippen LogP contribution in [0.3, 0.4) is 0 Å². The SMILES string of the molecule is Cc1ccc(-c2cncn2CCCN)cc1Cl. The standard InChI is InChI=1S/C13H16ClN3/c1-10-3-4-11(7-12(10)14)13-8-16-9-17(13)6-2-5-15/h3-4,7-9H,2,5-6,15H2,1H3. The zero-order chi connectivity index (χ0) is 12.3. The maximum Gasteiger partial charge on any atom is 0.0950 e. The molecule has 2 aromatic rings. The van der Waals surface area contributed by atoms with Crippen molar-refractivity contribution >= 4 is 11.6 Å². The van der Waals surface area contributed by atoms with E-state index >= 15 is 0 Å². The van der Waals surface area contributed by atoms with Crippen LogP contribution >= 0.6 is 11.6 Å². The smallest absolute Gasteiger partial charge is 0.0950 e. The summed E-state index contributed by atoms with van der Waals surface area (Å²) in [5, 5.41) is 0.786. The fraction of sp³-hybridized carbons (Fsp3) is 0.308. The molecule has 17 heavy (non-hydrogen) atoms. The second-order valence-electron chi connectivity index (χ2n) is 4.08. The molecule has 0 bridgehead atoms. The van der Waals surface area contributed by atoms with Crippen LogP contribution in [-0.2, 0) is 6.54 Å². The molecule has 0 unspecified atom stereocenters. The second-order valence-corrected chi connectivity index (χ2v) is 4.49. The monoisotopic (exact) mass is 249 g/mol. The van der Waals surface area contributed by atoms with Crippen LogP contribution in [0.15, 0.2) is 30.7 Å². The first-order valence-electron chi connectivity index (χ1n) is 5.69. The van der Waals surface area contributed by atoms with Gasteiger partial charge in [-0.2, -0.15) is 0 Å². The minimum Gasteiger partial charge on any atom is -0.331 e. The van der Waals surface area contributed by atoms with Crippen molar-refractivity contribution in [2.45, 2.75) is 19.9 Å². The maximum absolute atomic E-state index is 6.14. The Kier molecular flexibility index (Phi) is 3.82. The van der Waals surface area contributed by atoms with E-state index in [1.807, 2.05) is 31.6 Å². The molecule has 0 aliphatic carbocycles. The Balaban J connectivity index is 2.32. The van der Waals surface area contributed by atoms with E-state index in [0.717, 1.165) is 34.8 Å². The third kappa shape index (κ3) is 2.68. The van der Waals surface area contributed by atoms with Gasteiger partial charge in [0.05, 0.1) is 18.2 Å². The highest BCUT2D eigenvalue weighted by Gasteiger charge is 2.06. The molecule has 0 fully saturated rings. The van der Waals surface area contributed by atoms with Gasteiger partial charge >= 0.3 is 0 Å². The molecule has 0 radical (unpaired) electrons. The predicted molar refractivity (Wildman–Crippen MR) is 71.1 cm³/mol. The molecule has 90 valence electrons. The summed E-state index contributed by atoms with van der Waals surface area (Å²) in [6.45, 7) is 3.57. The fourth-order valence-electron chi connectivity index (χ4n) is 1.75. The Morgan fingerprint density at radius 3 is 2.94 bits per heavy atom. The zero-order valence-electron chi connectivity index (χ0n) is 9.86. The molecule has 1 aromatic heterocycles. The first-order chi connectivity index (χ1) is 8.22. The molecular formula is C13H16ClN3. The molecule has 0 spiro atoms. The van der Waals surface area contributed by atoms with Crippen LogP contribution in [0.25, 0.3) is 11.3 Å². The summed E-state index contributed by atoms with van der Waals surface area (Å²) in [7, 11) is 0. The number of imidazole rings is 1. The van der Waals surface area contributed by atoms with Crippen LogP contribution < -0.4 is 5.73 Å². The van der Waals surface area contributed by atoms with E-state index in [4.69, 9.17) is 17.3 Å². The van der Waals surface area contributed by atoms with E-state index in [1.165, 1.54) is 0 Å². The number of nitrogens with two attached hydrogens (primary N) is 1. The van der Waals surface area contributed by atoms with Gasteiger partial charge in [0.1, 0.15) is 0 Å². The highest BCUT2D eigenvalue weighted by atomic mass is 35.5. The lowest BCUT2D eigenvalue weighted by atomic mass is 10.1. The van der Waals surface area contributed by atoms with Crippen molar-refractivity contribution in [2.24, 2.45) is 5.73 Å². The van der Waals surface area contributed by atoms with Gasteiger partial charge in [-0.05, 0) is 31.5 Å². The molecule has 0 aliphatic heterocycles. The summed E-state index contributed by atoms with van der Waals surface area (Å²) in [6.07, 6.45) is 4.64. The summed E-state index contributed by atoms with van der Waals surface area (Å²) < 4.78 is 2.11. The number of rotatable bonds is 4. The molecule has 1 aromatic carbocycles. The van der Waals surface area contributed by atoms with E-state index < -0.39 is 0 Å². The zero-order valence-corrected chi connectivity index (χ0v) is 10.6. The Bertz CT molecular complexity index is 505. The molecule has 2 N–H and O–H groups in total. The third-order valence-corrected chi connectivity index (χ3v) is 3.19. The van der Waals surface area contributed by atoms with Crippen LogP contribution in [0.5, 0.6) is 0 Å². The maximum atomic E-state index is 6.14. The summed E-state index contributed by atoms with van der Waals surface area (Å²) in [4.78, 5) is 4.18. The number of halogens is 1. The van der Waals surface area contributed by atoms with E-state index in [2.05, 4.69) is 15.6 Å². The van der Waals surface area contributed by atoms with Gasteiger partial charge in [-0.25, -0.2) is 4.98 Å². The molecule has 0 saturated carbocycles. The van der Waals surface area contributed by atoms with Crippen molar-refractivity contribution in [2.75, 3.05) is 6.54 Å². The normalized spacial score (nSPS) is 10.8. The van der Waals surface area contributed by atoms with Gasteiger partial charge in [-0.15, -0.1) is 0 Å². The highest BCUT2D eigenvalue weighted by molar-refractivity contribution is 6.31. The molecule has 0 atom stereocenters. The molecule has 0 amide bonds. The average Bonchev–Trinajstić information content (AvgIpc) is 2.78. The van der Waals surface area contributed by atoms with Crippen LogP contribution in [0.2, 0.25) is 5.02 Å². The lowest BCUT2D eigenvalue weighted by Crippen LogP contribution is -2.05. The molecule has 3 nitrogen and oxygen atoms in total. The fourth-order valence-corrected chi connectivity index (χ4v) is 1.93. The second kappa shape index (κ2) is 5.34. The molecular weight excluding hydrogens is 234 g/mol. The summed E-state index contributed by atoms with van der Waals surface area (Å²) >= 11 is 6.14. The Morgan fingerprint density at radius 1 is 1.41 bits per heavy atom. The minimum atomic E-state index is 0.687. The van der Waals surface area contributed by atoms with Gasteiger partial charge in [-0.1, -0.05) is 23.7 Å². The Hall–Kier alpha value is -1.32. The topological polar surface area (TPSA) is 43.8 Å². The number of nitrogens with zero attached hydrogens (tertiary/aromatic N) is 2. The molecule has 1 heterocycles. The first kappa shape index (κ1) is 12.1. The van der Waals surface area contributed by atoms with Crippen LogP contribution in [0.1, 0.15) is 12.0 Å². The van der Waals surface area contributed by atoms with Crippen molar-refractivity contribution in [3.8, 4) is 11.3 Å². The minimum absolute atomic E-state index is 0.687. The van der Waals surface area contributed by atoms with Gasteiger partial charge < -0.3 is 10.3 Å². The lowest BCUT2D eigenvalue weighted by Gasteiger charge is -2.08. The van der Waals surface area contributed by atoms with Gasteiger partial charge in [-0.3, -0.25) is 0 Å².